The Hall–Kier alpha value is -1.88. The fourth-order valence-corrected chi connectivity index (χ4v) is 1.76. The van der Waals surface area contributed by atoms with Gasteiger partial charge in [-0.15, -0.1) is 0 Å². The van der Waals surface area contributed by atoms with E-state index in [1.807, 2.05) is 0 Å². The molecule has 4 N–H and O–H groups in total. The van der Waals surface area contributed by atoms with E-state index in [4.69, 9.17) is 5.73 Å². The molecule has 0 radical (unpaired) electrons. The molecule has 5 nitrogen and oxygen atoms in total. The van der Waals surface area contributed by atoms with Crippen molar-refractivity contribution < 1.29 is 9.59 Å². The van der Waals surface area contributed by atoms with Gasteiger partial charge in [-0.25, -0.2) is 0 Å². The van der Waals surface area contributed by atoms with E-state index < -0.39 is 5.54 Å². The van der Waals surface area contributed by atoms with Crippen LogP contribution in [0.25, 0.3) is 0 Å². The largest absolute Gasteiger partial charge is 0.355 e. The average molecular weight is 247 g/mol. The van der Waals surface area contributed by atoms with Crippen LogP contribution in [0.2, 0.25) is 0 Å². The fourth-order valence-electron chi connectivity index (χ4n) is 1.76. The van der Waals surface area contributed by atoms with E-state index in [2.05, 4.69) is 10.6 Å². The van der Waals surface area contributed by atoms with Crippen LogP contribution in [-0.2, 0) is 4.79 Å². The number of hydrogen-bond acceptors (Lipinski definition) is 3. The molecule has 0 heterocycles. The standard InChI is InChI=1S/C13H17N3O2/c1-8-9(11(17)15-2)4-3-5-10(8)16-12(18)13(14)6-7-13/h3-5H,6-7,14H2,1-2H3,(H,15,17)(H,16,18). The zero-order valence-corrected chi connectivity index (χ0v) is 10.5. The molecule has 1 aromatic carbocycles. The maximum absolute atomic E-state index is 11.9. The molecule has 1 saturated carbocycles. The van der Waals surface area contributed by atoms with Crippen molar-refractivity contribution in [2.24, 2.45) is 5.73 Å². The maximum atomic E-state index is 11.9. The second kappa shape index (κ2) is 4.42. The summed E-state index contributed by atoms with van der Waals surface area (Å²) in [7, 11) is 1.58. The predicted molar refractivity (Wildman–Crippen MR) is 69.4 cm³/mol. The summed E-state index contributed by atoms with van der Waals surface area (Å²) in [6, 6.07) is 5.23. The topological polar surface area (TPSA) is 84.2 Å². The highest BCUT2D eigenvalue weighted by molar-refractivity contribution is 6.03. The number of carbonyl (C=O) groups excluding carboxylic acids is 2. The molecule has 18 heavy (non-hydrogen) atoms. The average Bonchev–Trinajstić information content (AvgIpc) is 3.10. The van der Waals surface area contributed by atoms with Crippen LogP contribution in [0.1, 0.15) is 28.8 Å². The highest BCUT2D eigenvalue weighted by Crippen LogP contribution is 2.33. The molecular weight excluding hydrogens is 230 g/mol. The molecule has 0 saturated heterocycles. The summed E-state index contributed by atoms with van der Waals surface area (Å²) < 4.78 is 0. The Morgan fingerprint density at radius 3 is 2.56 bits per heavy atom. The van der Waals surface area contributed by atoms with Crippen molar-refractivity contribution in [3.63, 3.8) is 0 Å². The summed E-state index contributed by atoms with van der Waals surface area (Å²) in [4.78, 5) is 23.5. The van der Waals surface area contributed by atoms with E-state index >= 15 is 0 Å². The predicted octanol–water partition coefficient (Wildman–Crippen LogP) is 0.784. The summed E-state index contributed by atoms with van der Waals surface area (Å²) in [5.41, 5.74) is 7.04. The lowest BCUT2D eigenvalue weighted by molar-refractivity contribution is -0.118. The maximum Gasteiger partial charge on any atom is 0.251 e. The van der Waals surface area contributed by atoms with Crippen molar-refractivity contribution in [3.8, 4) is 0 Å². The molecule has 0 aromatic heterocycles. The molecule has 0 unspecified atom stereocenters. The molecule has 2 rings (SSSR count). The van der Waals surface area contributed by atoms with E-state index in [9.17, 15) is 9.59 Å². The van der Waals surface area contributed by atoms with Crippen LogP contribution in [0.4, 0.5) is 5.69 Å². The van der Waals surface area contributed by atoms with Gasteiger partial charge < -0.3 is 16.4 Å². The van der Waals surface area contributed by atoms with Gasteiger partial charge in [0, 0.05) is 18.3 Å². The Bertz CT molecular complexity index is 507. The number of carbonyl (C=O) groups is 2. The first-order valence-electron chi connectivity index (χ1n) is 5.90. The molecule has 0 atom stereocenters. The van der Waals surface area contributed by atoms with E-state index in [1.54, 1.807) is 32.2 Å². The molecule has 0 bridgehead atoms. The van der Waals surface area contributed by atoms with Crippen molar-refractivity contribution in [2.45, 2.75) is 25.3 Å². The van der Waals surface area contributed by atoms with Gasteiger partial charge in [0.05, 0.1) is 5.54 Å². The normalized spacial score (nSPS) is 15.9. The minimum atomic E-state index is -0.713. The fraction of sp³-hybridized carbons (Fsp3) is 0.385. The number of anilines is 1. The van der Waals surface area contributed by atoms with Crippen molar-refractivity contribution in [3.05, 3.63) is 29.3 Å². The molecule has 0 spiro atoms. The molecular formula is C13H17N3O2. The number of hydrogen-bond donors (Lipinski definition) is 3. The van der Waals surface area contributed by atoms with Gasteiger partial charge in [0.25, 0.3) is 5.91 Å². The number of benzene rings is 1. The van der Waals surface area contributed by atoms with Crippen LogP contribution >= 0.6 is 0 Å². The van der Waals surface area contributed by atoms with Gasteiger partial charge in [0.2, 0.25) is 5.91 Å². The monoisotopic (exact) mass is 247 g/mol. The molecule has 96 valence electrons. The smallest absolute Gasteiger partial charge is 0.251 e. The highest BCUT2D eigenvalue weighted by atomic mass is 16.2. The zero-order chi connectivity index (χ0) is 13.3. The minimum absolute atomic E-state index is 0.169. The van der Waals surface area contributed by atoms with E-state index in [0.29, 0.717) is 24.1 Å². The van der Waals surface area contributed by atoms with Gasteiger partial charge >= 0.3 is 0 Å². The number of nitrogens with one attached hydrogen (secondary N) is 2. The van der Waals surface area contributed by atoms with Crippen LogP contribution in [0.15, 0.2) is 18.2 Å². The Kier molecular flexibility index (Phi) is 3.09. The summed E-state index contributed by atoms with van der Waals surface area (Å²) in [5, 5.41) is 5.36. The third kappa shape index (κ3) is 2.22. The van der Waals surface area contributed by atoms with Crippen LogP contribution in [0, 0.1) is 6.92 Å². The second-order valence-corrected chi connectivity index (χ2v) is 4.67. The van der Waals surface area contributed by atoms with Gasteiger partial charge in [-0.3, -0.25) is 9.59 Å². The molecule has 5 heteroatoms. The van der Waals surface area contributed by atoms with Crippen LogP contribution < -0.4 is 16.4 Å². The molecule has 1 aromatic rings. The summed E-state index contributed by atoms with van der Waals surface area (Å²) in [6.07, 6.45) is 1.43. The second-order valence-electron chi connectivity index (χ2n) is 4.67. The Labute approximate surface area is 106 Å². The number of amides is 2. The van der Waals surface area contributed by atoms with Crippen molar-refractivity contribution in [2.75, 3.05) is 12.4 Å². The van der Waals surface area contributed by atoms with Gasteiger partial charge in [0.1, 0.15) is 0 Å². The van der Waals surface area contributed by atoms with Gasteiger partial charge in [-0.1, -0.05) is 6.07 Å². The first-order valence-corrected chi connectivity index (χ1v) is 5.90. The lowest BCUT2D eigenvalue weighted by Gasteiger charge is -2.14. The van der Waals surface area contributed by atoms with Crippen LogP contribution in [0.5, 0.6) is 0 Å². The van der Waals surface area contributed by atoms with Crippen LogP contribution in [0.3, 0.4) is 0 Å². The lowest BCUT2D eigenvalue weighted by atomic mass is 10.1. The van der Waals surface area contributed by atoms with Crippen molar-refractivity contribution in [1.82, 2.24) is 5.32 Å². The SMILES string of the molecule is CNC(=O)c1cccc(NC(=O)C2(N)CC2)c1C. The summed E-state index contributed by atoms with van der Waals surface area (Å²) in [6.45, 7) is 1.80. The highest BCUT2D eigenvalue weighted by Gasteiger charge is 2.46. The molecule has 2 amide bonds. The molecule has 0 aliphatic heterocycles. The lowest BCUT2D eigenvalue weighted by Crippen LogP contribution is -2.38. The van der Waals surface area contributed by atoms with Crippen molar-refractivity contribution >= 4 is 17.5 Å². The third-order valence-electron chi connectivity index (χ3n) is 3.29. The molecule has 1 fully saturated rings. The van der Waals surface area contributed by atoms with E-state index in [-0.39, 0.29) is 11.8 Å². The Balaban J connectivity index is 2.23. The minimum Gasteiger partial charge on any atom is -0.355 e. The number of nitrogens with two attached hydrogens (primary N) is 1. The first-order chi connectivity index (χ1) is 8.48. The van der Waals surface area contributed by atoms with Crippen molar-refractivity contribution in [1.29, 1.82) is 0 Å². The van der Waals surface area contributed by atoms with Gasteiger partial charge in [-0.2, -0.15) is 0 Å². The Morgan fingerprint density at radius 1 is 1.33 bits per heavy atom. The molecule has 1 aliphatic carbocycles. The van der Waals surface area contributed by atoms with Gasteiger partial charge in [0.15, 0.2) is 0 Å². The number of rotatable bonds is 3. The zero-order valence-electron chi connectivity index (χ0n) is 10.5. The summed E-state index contributed by atoms with van der Waals surface area (Å²) >= 11 is 0. The first kappa shape index (κ1) is 12.6. The van der Waals surface area contributed by atoms with E-state index in [1.165, 1.54) is 0 Å². The summed E-state index contributed by atoms with van der Waals surface area (Å²) in [5.74, 6) is -0.350. The van der Waals surface area contributed by atoms with Gasteiger partial charge in [-0.05, 0) is 37.5 Å². The Morgan fingerprint density at radius 2 is 2.00 bits per heavy atom. The van der Waals surface area contributed by atoms with E-state index in [0.717, 1.165) is 5.56 Å². The third-order valence-corrected chi connectivity index (χ3v) is 3.29. The molecule has 1 aliphatic rings. The quantitative estimate of drug-likeness (QED) is 0.738. The van der Waals surface area contributed by atoms with Crippen LogP contribution in [-0.4, -0.2) is 24.4 Å².